The number of aliphatic hydroxyl groups excluding tert-OH is 1. The van der Waals surface area contributed by atoms with Crippen molar-refractivity contribution in [3.8, 4) is 0 Å². The van der Waals surface area contributed by atoms with E-state index in [0.29, 0.717) is 6.54 Å². The first-order chi connectivity index (χ1) is 9.60. The number of hydrogen-bond donors (Lipinski definition) is 2. The van der Waals surface area contributed by atoms with Crippen molar-refractivity contribution >= 4 is 11.5 Å². The molecule has 0 aliphatic rings. The van der Waals surface area contributed by atoms with Crippen LogP contribution in [-0.4, -0.2) is 15.0 Å². The molecule has 2 rings (SSSR count). The first-order valence-corrected chi connectivity index (χ1v) is 6.13. The Morgan fingerprint density at radius 1 is 1.35 bits per heavy atom. The molecule has 1 aromatic heterocycles. The first kappa shape index (κ1) is 14.0. The highest BCUT2D eigenvalue weighted by Crippen LogP contribution is 2.23. The van der Waals surface area contributed by atoms with E-state index in [-0.39, 0.29) is 18.1 Å². The summed E-state index contributed by atoms with van der Waals surface area (Å²) in [5.41, 5.74) is 2.43. The van der Waals surface area contributed by atoms with Crippen LogP contribution in [0.15, 0.2) is 36.5 Å². The van der Waals surface area contributed by atoms with Gasteiger partial charge in [-0.25, -0.2) is 4.98 Å². The van der Waals surface area contributed by atoms with Gasteiger partial charge in [0.05, 0.1) is 11.5 Å². The van der Waals surface area contributed by atoms with Crippen LogP contribution >= 0.6 is 0 Å². The van der Waals surface area contributed by atoms with Gasteiger partial charge in [0.25, 0.3) is 0 Å². The molecule has 0 saturated heterocycles. The van der Waals surface area contributed by atoms with Gasteiger partial charge in [-0.1, -0.05) is 24.3 Å². The Balaban J connectivity index is 2.16. The molecule has 0 spiro atoms. The summed E-state index contributed by atoms with van der Waals surface area (Å²) in [6.45, 7) is 2.13. The lowest BCUT2D eigenvalue weighted by molar-refractivity contribution is -0.384. The Bertz CT molecular complexity index is 629. The average molecular weight is 273 g/mol. The van der Waals surface area contributed by atoms with Gasteiger partial charge in [-0.15, -0.1) is 0 Å². The van der Waals surface area contributed by atoms with Gasteiger partial charge < -0.3 is 10.4 Å². The van der Waals surface area contributed by atoms with Gasteiger partial charge in [-0.05, 0) is 23.6 Å². The highest BCUT2D eigenvalue weighted by molar-refractivity contribution is 5.56. The maximum absolute atomic E-state index is 11.0. The molecule has 6 heteroatoms. The van der Waals surface area contributed by atoms with E-state index >= 15 is 0 Å². The van der Waals surface area contributed by atoms with Crippen molar-refractivity contribution in [1.29, 1.82) is 0 Å². The van der Waals surface area contributed by atoms with Crippen molar-refractivity contribution in [2.45, 2.75) is 20.1 Å². The second-order valence-electron chi connectivity index (χ2n) is 4.47. The van der Waals surface area contributed by atoms with E-state index < -0.39 is 4.92 Å². The van der Waals surface area contributed by atoms with Crippen LogP contribution in [0, 0.1) is 17.0 Å². The molecule has 0 aliphatic carbocycles. The zero-order valence-electron chi connectivity index (χ0n) is 11.0. The summed E-state index contributed by atoms with van der Waals surface area (Å²) in [5.74, 6) is 0.245. The summed E-state index contributed by atoms with van der Waals surface area (Å²) in [6, 6.07) is 8.86. The summed E-state index contributed by atoms with van der Waals surface area (Å²) in [7, 11) is 0. The standard InChI is InChI=1S/C14H15N3O3/c1-10-5-13(17(19)20)14(15-7-10)16-8-11-3-2-4-12(6-11)9-18/h2-7,18H,8-9H2,1H3,(H,15,16). The number of aliphatic hydroxyl groups is 1. The molecule has 0 unspecified atom stereocenters. The quantitative estimate of drug-likeness (QED) is 0.645. The van der Waals surface area contributed by atoms with E-state index in [1.54, 1.807) is 13.1 Å². The minimum Gasteiger partial charge on any atom is -0.392 e. The third kappa shape index (κ3) is 3.30. The zero-order chi connectivity index (χ0) is 14.5. The molecule has 1 heterocycles. The Hall–Kier alpha value is -2.47. The number of nitrogens with one attached hydrogen (secondary N) is 1. The molecule has 0 radical (unpaired) electrons. The second kappa shape index (κ2) is 6.12. The van der Waals surface area contributed by atoms with Gasteiger partial charge in [0.15, 0.2) is 0 Å². The van der Waals surface area contributed by atoms with E-state index in [4.69, 9.17) is 5.11 Å². The topological polar surface area (TPSA) is 88.3 Å². The van der Waals surface area contributed by atoms with Gasteiger partial charge in [0, 0.05) is 18.8 Å². The molecule has 0 bridgehead atoms. The Morgan fingerprint density at radius 3 is 2.80 bits per heavy atom. The van der Waals surface area contributed by atoms with E-state index in [9.17, 15) is 10.1 Å². The monoisotopic (exact) mass is 273 g/mol. The van der Waals surface area contributed by atoms with E-state index in [0.717, 1.165) is 16.7 Å². The van der Waals surface area contributed by atoms with Crippen LogP contribution in [0.1, 0.15) is 16.7 Å². The molecule has 2 N–H and O–H groups in total. The van der Waals surface area contributed by atoms with Gasteiger partial charge in [-0.2, -0.15) is 0 Å². The smallest absolute Gasteiger partial charge is 0.311 e. The van der Waals surface area contributed by atoms with Gasteiger partial charge >= 0.3 is 5.69 Å². The molecular weight excluding hydrogens is 258 g/mol. The van der Waals surface area contributed by atoms with Crippen molar-refractivity contribution in [2.75, 3.05) is 5.32 Å². The second-order valence-corrected chi connectivity index (χ2v) is 4.47. The average Bonchev–Trinajstić information content (AvgIpc) is 2.46. The highest BCUT2D eigenvalue weighted by Gasteiger charge is 2.14. The molecule has 0 amide bonds. The normalized spacial score (nSPS) is 10.3. The molecular formula is C14H15N3O3. The maximum atomic E-state index is 11.0. The molecule has 104 valence electrons. The lowest BCUT2D eigenvalue weighted by Crippen LogP contribution is -2.05. The SMILES string of the molecule is Cc1cnc(NCc2cccc(CO)c2)c([N+](=O)[O-])c1. The van der Waals surface area contributed by atoms with Crippen LogP contribution < -0.4 is 5.32 Å². The van der Waals surface area contributed by atoms with Crippen LogP contribution in [0.3, 0.4) is 0 Å². The summed E-state index contributed by atoms with van der Waals surface area (Å²) in [4.78, 5) is 14.6. The number of aromatic nitrogens is 1. The van der Waals surface area contributed by atoms with Gasteiger partial charge in [-0.3, -0.25) is 10.1 Å². The predicted molar refractivity (Wildman–Crippen MR) is 75.3 cm³/mol. The van der Waals surface area contributed by atoms with Crippen LogP contribution in [0.2, 0.25) is 0 Å². The minimum absolute atomic E-state index is 0.0310. The fraction of sp³-hybridized carbons (Fsp3) is 0.214. The zero-order valence-corrected chi connectivity index (χ0v) is 11.0. The van der Waals surface area contributed by atoms with Crippen molar-refractivity contribution in [2.24, 2.45) is 0 Å². The third-order valence-corrected chi connectivity index (χ3v) is 2.83. The van der Waals surface area contributed by atoms with Crippen LogP contribution in [0.5, 0.6) is 0 Å². The van der Waals surface area contributed by atoms with Crippen LogP contribution in [-0.2, 0) is 13.2 Å². The third-order valence-electron chi connectivity index (χ3n) is 2.83. The first-order valence-electron chi connectivity index (χ1n) is 6.13. The summed E-state index contributed by atoms with van der Waals surface area (Å²) in [5, 5.41) is 23.0. The minimum atomic E-state index is -0.452. The summed E-state index contributed by atoms with van der Waals surface area (Å²) < 4.78 is 0. The highest BCUT2D eigenvalue weighted by atomic mass is 16.6. The Labute approximate surface area is 116 Å². The number of hydrogen-bond acceptors (Lipinski definition) is 5. The fourth-order valence-corrected chi connectivity index (χ4v) is 1.85. The molecule has 1 aromatic carbocycles. The van der Waals surface area contributed by atoms with Crippen LogP contribution in [0.25, 0.3) is 0 Å². The largest absolute Gasteiger partial charge is 0.392 e. The number of pyridine rings is 1. The number of nitro groups is 1. The molecule has 20 heavy (non-hydrogen) atoms. The Kier molecular flexibility index (Phi) is 4.27. The van der Waals surface area contributed by atoms with Gasteiger partial charge in [0.2, 0.25) is 5.82 Å². The maximum Gasteiger partial charge on any atom is 0.311 e. The van der Waals surface area contributed by atoms with Crippen molar-refractivity contribution in [3.63, 3.8) is 0 Å². The fourth-order valence-electron chi connectivity index (χ4n) is 1.85. The number of benzene rings is 1. The Morgan fingerprint density at radius 2 is 2.10 bits per heavy atom. The molecule has 2 aromatic rings. The predicted octanol–water partition coefficient (Wildman–Crippen LogP) is 2.40. The lowest BCUT2D eigenvalue weighted by Gasteiger charge is -2.07. The summed E-state index contributed by atoms with van der Waals surface area (Å²) >= 11 is 0. The van der Waals surface area contributed by atoms with E-state index in [1.807, 2.05) is 24.3 Å². The van der Waals surface area contributed by atoms with Crippen molar-refractivity contribution in [1.82, 2.24) is 4.98 Å². The molecule has 0 saturated carbocycles. The summed E-state index contributed by atoms with van der Waals surface area (Å²) in [6.07, 6.45) is 1.58. The van der Waals surface area contributed by atoms with E-state index in [2.05, 4.69) is 10.3 Å². The lowest BCUT2D eigenvalue weighted by atomic mass is 10.1. The van der Waals surface area contributed by atoms with Crippen LogP contribution in [0.4, 0.5) is 11.5 Å². The number of rotatable bonds is 5. The molecule has 0 atom stereocenters. The van der Waals surface area contributed by atoms with E-state index in [1.165, 1.54) is 6.07 Å². The number of anilines is 1. The number of aryl methyl sites for hydroxylation is 1. The molecule has 0 aliphatic heterocycles. The van der Waals surface area contributed by atoms with Crippen molar-refractivity contribution < 1.29 is 10.0 Å². The molecule has 6 nitrogen and oxygen atoms in total. The van der Waals surface area contributed by atoms with Crippen molar-refractivity contribution in [3.05, 3.63) is 63.3 Å². The number of nitrogens with zero attached hydrogens (tertiary/aromatic N) is 2. The molecule has 0 fully saturated rings. The van der Waals surface area contributed by atoms with Gasteiger partial charge in [0.1, 0.15) is 0 Å².